The minimum atomic E-state index is -1.24. The first-order chi connectivity index (χ1) is 10.0. The Morgan fingerprint density at radius 3 is 2.67 bits per heavy atom. The number of carboxylic acid groups (broad SMARTS) is 1. The van der Waals surface area contributed by atoms with Gasteiger partial charge in [0.2, 0.25) is 0 Å². The molecule has 0 aromatic heterocycles. The van der Waals surface area contributed by atoms with E-state index in [2.05, 4.69) is 0 Å². The maximum absolute atomic E-state index is 13.6. The van der Waals surface area contributed by atoms with E-state index < -0.39 is 5.97 Å². The van der Waals surface area contributed by atoms with Crippen LogP contribution < -0.4 is 4.74 Å². The fourth-order valence-corrected chi connectivity index (χ4v) is 2.77. The summed E-state index contributed by atoms with van der Waals surface area (Å²) in [5.74, 6) is -1.42. The number of carboxylic acids is 1. The highest BCUT2D eigenvalue weighted by molar-refractivity contribution is 7.98. The number of aromatic carboxylic acids is 1. The number of hydrogen-bond acceptors (Lipinski definition) is 4. The molecule has 2 N–H and O–H groups in total. The third kappa shape index (κ3) is 3.46. The molecule has 0 radical (unpaired) electrons. The highest BCUT2D eigenvalue weighted by atomic mass is 32.2. The number of halogens is 1. The van der Waals surface area contributed by atoms with Gasteiger partial charge < -0.3 is 14.9 Å². The Kier molecular flexibility index (Phi) is 4.70. The molecular formula is C15H13FO4S. The van der Waals surface area contributed by atoms with E-state index in [0.717, 1.165) is 11.8 Å². The summed E-state index contributed by atoms with van der Waals surface area (Å²) in [6.07, 6.45) is 0. The topological polar surface area (TPSA) is 66.8 Å². The lowest BCUT2D eigenvalue weighted by molar-refractivity contribution is 0.0693. The molecule has 0 unspecified atom stereocenters. The fourth-order valence-electron chi connectivity index (χ4n) is 1.85. The highest BCUT2D eigenvalue weighted by Gasteiger charge is 2.18. The van der Waals surface area contributed by atoms with Crippen LogP contribution in [0.4, 0.5) is 4.39 Å². The number of hydrogen-bond donors (Lipinski definition) is 2. The zero-order valence-corrected chi connectivity index (χ0v) is 12.0. The molecule has 0 aliphatic heterocycles. The van der Waals surface area contributed by atoms with Crippen molar-refractivity contribution >= 4 is 17.7 Å². The van der Waals surface area contributed by atoms with Crippen LogP contribution in [0.25, 0.3) is 0 Å². The quantitative estimate of drug-likeness (QED) is 0.827. The summed E-state index contributed by atoms with van der Waals surface area (Å²) in [4.78, 5) is 11.6. The van der Waals surface area contributed by atoms with Gasteiger partial charge in [-0.05, 0) is 23.8 Å². The second-order valence-electron chi connectivity index (χ2n) is 4.20. The lowest BCUT2D eigenvalue weighted by atomic mass is 10.1. The molecule has 6 heteroatoms. The normalized spacial score (nSPS) is 10.4. The average molecular weight is 308 g/mol. The molecule has 0 amide bonds. The number of rotatable bonds is 5. The second-order valence-corrected chi connectivity index (χ2v) is 5.22. The third-order valence-electron chi connectivity index (χ3n) is 2.84. The smallest absolute Gasteiger partial charge is 0.339 e. The number of benzene rings is 2. The zero-order valence-electron chi connectivity index (χ0n) is 11.2. The number of methoxy groups -OCH3 is 1. The zero-order chi connectivity index (χ0) is 15.4. The number of aromatic hydroxyl groups is 1. The Labute approximate surface area is 125 Å². The van der Waals surface area contributed by atoms with Gasteiger partial charge in [-0.3, -0.25) is 0 Å². The molecule has 110 valence electrons. The average Bonchev–Trinajstić information content (AvgIpc) is 2.45. The van der Waals surface area contributed by atoms with E-state index in [0.29, 0.717) is 16.2 Å². The number of thioether (sulfide) groups is 1. The van der Waals surface area contributed by atoms with Crippen LogP contribution in [0.2, 0.25) is 0 Å². The first kappa shape index (κ1) is 15.2. The van der Waals surface area contributed by atoms with Crippen molar-refractivity contribution in [3.8, 4) is 11.5 Å². The van der Waals surface area contributed by atoms with Crippen LogP contribution in [-0.4, -0.2) is 23.3 Å². The Hall–Kier alpha value is -2.21. The second kappa shape index (κ2) is 6.49. The SMILES string of the molecule is COc1cc(O)c(C(=O)O)c(CSc2ccccc2F)c1. The summed E-state index contributed by atoms with van der Waals surface area (Å²) >= 11 is 1.15. The van der Waals surface area contributed by atoms with Crippen LogP contribution in [0.1, 0.15) is 15.9 Å². The molecular weight excluding hydrogens is 295 g/mol. The van der Waals surface area contributed by atoms with Crippen molar-refractivity contribution in [2.24, 2.45) is 0 Å². The lowest BCUT2D eigenvalue weighted by Crippen LogP contribution is -2.03. The molecule has 0 saturated heterocycles. The molecule has 2 aromatic carbocycles. The maximum atomic E-state index is 13.6. The van der Waals surface area contributed by atoms with Crippen molar-refractivity contribution in [3.63, 3.8) is 0 Å². The number of phenols is 1. The molecule has 0 bridgehead atoms. The minimum absolute atomic E-state index is 0.195. The maximum Gasteiger partial charge on any atom is 0.339 e. The van der Waals surface area contributed by atoms with Crippen molar-refractivity contribution in [2.75, 3.05) is 7.11 Å². The minimum Gasteiger partial charge on any atom is -0.507 e. The largest absolute Gasteiger partial charge is 0.507 e. The molecule has 0 aliphatic carbocycles. The molecule has 2 rings (SSSR count). The van der Waals surface area contributed by atoms with Gasteiger partial charge in [0.15, 0.2) is 0 Å². The standard InChI is InChI=1S/C15H13FO4S/c1-20-10-6-9(14(15(18)19)12(17)7-10)8-21-13-5-3-2-4-11(13)16/h2-7,17H,8H2,1H3,(H,18,19). The predicted octanol–water partition coefficient (Wildman–Crippen LogP) is 3.53. The van der Waals surface area contributed by atoms with Gasteiger partial charge in [-0.1, -0.05) is 12.1 Å². The van der Waals surface area contributed by atoms with Crippen molar-refractivity contribution in [3.05, 3.63) is 53.3 Å². The third-order valence-corrected chi connectivity index (χ3v) is 3.94. The molecule has 0 spiro atoms. The van der Waals surface area contributed by atoms with E-state index >= 15 is 0 Å². The van der Waals surface area contributed by atoms with E-state index in [1.807, 2.05) is 0 Å². The van der Waals surface area contributed by atoms with Gasteiger partial charge >= 0.3 is 5.97 Å². The summed E-state index contributed by atoms with van der Waals surface area (Å²) in [5.41, 5.74) is 0.173. The molecule has 4 nitrogen and oxygen atoms in total. The van der Waals surface area contributed by atoms with Crippen LogP contribution >= 0.6 is 11.8 Å². The van der Waals surface area contributed by atoms with Gasteiger partial charge in [-0.25, -0.2) is 9.18 Å². The Morgan fingerprint density at radius 1 is 1.33 bits per heavy atom. The highest BCUT2D eigenvalue weighted by Crippen LogP contribution is 2.33. The van der Waals surface area contributed by atoms with E-state index in [9.17, 15) is 19.4 Å². The van der Waals surface area contributed by atoms with Gasteiger partial charge in [0.05, 0.1) is 7.11 Å². The van der Waals surface area contributed by atoms with Crippen LogP contribution in [0.5, 0.6) is 11.5 Å². The summed E-state index contributed by atoms with van der Waals surface area (Å²) < 4.78 is 18.6. The van der Waals surface area contributed by atoms with Gasteiger partial charge in [-0.15, -0.1) is 11.8 Å². The van der Waals surface area contributed by atoms with Crippen LogP contribution in [0.3, 0.4) is 0 Å². The monoisotopic (exact) mass is 308 g/mol. The lowest BCUT2D eigenvalue weighted by Gasteiger charge is -2.11. The van der Waals surface area contributed by atoms with Crippen LogP contribution in [0.15, 0.2) is 41.3 Å². The van der Waals surface area contributed by atoms with Gasteiger partial charge in [0.1, 0.15) is 22.9 Å². The van der Waals surface area contributed by atoms with E-state index in [1.165, 1.54) is 25.3 Å². The molecule has 0 atom stereocenters. The Balaban J connectivity index is 2.32. The molecule has 0 aliphatic rings. The predicted molar refractivity (Wildman–Crippen MR) is 77.6 cm³/mol. The molecule has 21 heavy (non-hydrogen) atoms. The fraction of sp³-hybridized carbons (Fsp3) is 0.133. The summed E-state index contributed by atoms with van der Waals surface area (Å²) in [7, 11) is 1.42. The summed E-state index contributed by atoms with van der Waals surface area (Å²) in [6, 6.07) is 8.99. The number of ether oxygens (including phenoxy) is 1. The van der Waals surface area contributed by atoms with Crippen LogP contribution in [-0.2, 0) is 5.75 Å². The van der Waals surface area contributed by atoms with Crippen LogP contribution in [0, 0.1) is 5.82 Å². The van der Waals surface area contributed by atoms with Gasteiger partial charge in [-0.2, -0.15) is 0 Å². The molecule has 0 fully saturated rings. The number of carbonyl (C=O) groups is 1. The Morgan fingerprint density at radius 2 is 2.05 bits per heavy atom. The summed E-state index contributed by atoms with van der Waals surface area (Å²) in [6.45, 7) is 0. The van der Waals surface area contributed by atoms with Gasteiger partial charge in [0.25, 0.3) is 0 Å². The molecule has 0 saturated carbocycles. The van der Waals surface area contributed by atoms with Crippen molar-refractivity contribution < 1.29 is 24.1 Å². The van der Waals surface area contributed by atoms with Crippen molar-refractivity contribution in [1.29, 1.82) is 0 Å². The van der Waals surface area contributed by atoms with Gasteiger partial charge in [0, 0.05) is 16.7 Å². The molecule has 2 aromatic rings. The molecule has 0 heterocycles. The van der Waals surface area contributed by atoms with Crippen molar-refractivity contribution in [2.45, 2.75) is 10.6 Å². The summed E-state index contributed by atoms with van der Waals surface area (Å²) in [5, 5.41) is 19.0. The van der Waals surface area contributed by atoms with E-state index in [4.69, 9.17) is 4.74 Å². The van der Waals surface area contributed by atoms with Crippen molar-refractivity contribution in [1.82, 2.24) is 0 Å². The van der Waals surface area contributed by atoms with E-state index in [1.54, 1.807) is 18.2 Å². The first-order valence-corrected chi connectivity index (χ1v) is 7.02. The first-order valence-electron chi connectivity index (χ1n) is 6.03. The Bertz CT molecular complexity index is 673. The van der Waals surface area contributed by atoms with E-state index in [-0.39, 0.29) is 22.9 Å².